The molecule has 2 aromatic carbocycles. The third kappa shape index (κ3) is 2.58. The molecule has 0 bridgehead atoms. The SMILES string of the molecule is CN[C@@H]1c2ccccc2CC1NC(=O)c1cc2cc(Cl)ccc2[nH]1. The summed E-state index contributed by atoms with van der Waals surface area (Å²) in [5.74, 6) is -0.0969. The van der Waals surface area contributed by atoms with E-state index in [4.69, 9.17) is 11.6 Å². The van der Waals surface area contributed by atoms with E-state index < -0.39 is 0 Å². The van der Waals surface area contributed by atoms with E-state index in [-0.39, 0.29) is 18.0 Å². The van der Waals surface area contributed by atoms with Gasteiger partial charge in [-0.2, -0.15) is 0 Å². The minimum atomic E-state index is -0.0969. The van der Waals surface area contributed by atoms with Crippen molar-refractivity contribution < 1.29 is 4.79 Å². The second-order valence-corrected chi connectivity index (χ2v) is 6.60. The number of fused-ring (bicyclic) bond motifs is 2. The third-order valence-corrected chi connectivity index (χ3v) is 4.92. The average Bonchev–Trinajstić information content (AvgIpc) is 3.14. The largest absolute Gasteiger partial charge is 0.351 e. The maximum atomic E-state index is 12.7. The van der Waals surface area contributed by atoms with Crippen LogP contribution in [0.1, 0.15) is 27.7 Å². The number of carbonyl (C=O) groups is 1. The maximum Gasteiger partial charge on any atom is 0.268 e. The number of H-pyrrole nitrogens is 1. The summed E-state index contributed by atoms with van der Waals surface area (Å²) in [5.41, 5.74) is 4.00. The Balaban J connectivity index is 1.57. The monoisotopic (exact) mass is 339 g/mol. The minimum absolute atomic E-state index is 0.0369. The van der Waals surface area contributed by atoms with Gasteiger partial charge < -0.3 is 15.6 Å². The Hall–Kier alpha value is -2.30. The van der Waals surface area contributed by atoms with Crippen molar-refractivity contribution >= 4 is 28.4 Å². The van der Waals surface area contributed by atoms with Gasteiger partial charge in [0.2, 0.25) is 0 Å². The van der Waals surface area contributed by atoms with Gasteiger partial charge in [-0.25, -0.2) is 0 Å². The van der Waals surface area contributed by atoms with E-state index in [1.165, 1.54) is 11.1 Å². The predicted octanol–water partition coefficient (Wildman–Crippen LogP) is 3.44. The van der Waals surface area contributed by atoms with E-state index in [1.54, 1.807) is 0 Å². The number of hydrogen-bond acceptors (Lipinski definition) is 2. The smallest absolute Gasteiger partial charge is 0.268 e. The van der Waals surface area contributed by atoms with Crippen LogP contribution in [0, 0.1) is 0 Å². The molecule has 0 saturated carbocycles. The molecular weight excluding hydrogens is 322 g/mol. The Bertz CT molecular complexity index is 918. The van der Waals surface area contributed by atoms with Crippen LogP contribution in [0.4, 0.5) is 0 Å². The molecule has 1 amide bonds. The molecule has 3 N–H and O–H groups in total. The van der Waals surface area contributed by atoms with Crippen LogP contribution in [-0.4, -0.2) is 24.0 Å². The number of nitrogens with one attached hydrogen (secondary N) is 3. The number of aromatic amines is 1. The Morgan fingerprint density at radius 1 is 1.21 bits per heavy atom. The summed E-state index contributed by atoms with van der Waals surface area (Å²) < 4.78 is 0. The summed E-state index contributed by atoms with van der Waals surface area (Å²) in [6.45, 7) is 0. The molecule has 0 saturated heterocycles. The fourth-order valence-electron chi connectivity index (χ4n) is 3.56. The molecule has 1 aliphatic rings. The molecule has 1 aromatic heterocycles. The number of hydrogen-bond donors (Lipinski definition) is 3. The Morgan fingerprint density at radius 2 is 2.04 bits per heavy atom. The highest BCUT2D eigenvalue weighted by Crippen LogP contribution is 2.31. The van der Waals surface area contributed by atoms with Crippen LogP contribution in [0.5, 0.6) is 0 Å². The van der Waals surface area contributed by atoms with Crippen molar-refractivity contribution in [3.63, 3.8) is 0 Å². The van der Waals surface area contributed by atoms with E-state index in [0.29, 0.717) is 10.7 Å². The van der Waals surface area contributed by atoms with Crippen LogP contribution in [0.15, 0.2) is 48.5 Å². The van der Waals surface area contributed by atoms with Crippen LogP contribution in [0.25, 0.3) is 10.9 Å². The number of aromatic nitrogens is 1. The first kappa shape index (κ1) is 15.2. The summed E-state index contributed by atoms with van der Waals surface area (Å²) >= 11 is 6.01. The number of amides is 1. The average molecular weight is 340 g/mol. The first-order chi connectivity index (χ1) is 11.7. The van der Waals surface area contributed by atoms with Crippen LogP contribution < -0.4 is 10.6 Å². The lowest BCUT2D eigenvalue weighted by molar-refractivity contribution is 0.0926. The second kappa shape index (κ2) is 5.96. The number of likely N-dealkylation sites (N-methyl/N-ethyl adjacent to an activating group) is 1. The van der Waals surface area contributed by atoms with Crippen LogP contribution in [0.2, 0.25) is 5.02 Å². The molecule has 5 heteroatoms. The molecule has 122 valence electrons. The van der Waals surface area contributed by atoms with Crippen molar-refractivity contribution in [2.24, 2.45) is 0 Å². The van der Waals surface area contributed by atoms with Gasteiger partial charge in [-0.1, -0.05) is 35.9 Å². The van der Waals surface area contributed by atoms with Crippen molar-refractivity contribution in [2.75, 3.05) is 7.05 Å². The zero-order valence-electron chi connectivity index (χ0n) is 13.3. The van der Waals surface area contributed by atoms with E-state index >= 15 is 0 Å². The fraction of sp³-hybridized carbons (Fsp3) is 0.211. The predicted molar refractivity (Wildman–Crippen MR) is 96.5 cm³/mol. The van der Waals surface area contributed by atoms with Crippen LogP contribution in [-0.2, 0) is 6.42 Å². The quantitative estimate of drug-likeness (QED) is 0.684. The lowest BCUT2D eigenvalue weighted by Crippen LogP contribution is -2.41. The molecule has 1 unspecified atom stereocenters. The maximum absolute atomic E-state index is 12.7. The molecule has 0 radical (unpaired) electrons. The molecule has 4 rings (SSSR count). The van der Waals surface area contributed by atoms with Crippen molar-refractivity contribution in [3.05, 3.63) is 70.4 Å². The molecule has 1 aliphatic carbocycles. The van der Waals surface area contributed by atoms with E-state index in [1.807, 2.05) is 43.4 Å². The Labute approximate surface area is 145 Å². The van der Waals surface area contributed by atoms with E-state index in [2.05, 4.69) is 27.8 Å². The first-order valence-electron chi connectivity index (χ1n) is 8.00. The summed E-state index contributed by atoms with van der Waals surface area (Å²) in [7, 11) is 1.93. The normalized spacial score (nSPS) is 19.4. The van der Waals surface area contributed by atoms with E-state index in [0.717, 1.165) is 17.3 Å². The van der Waals surface area contributed by atoms with Crippen LogP contribution >= 0.6 is 11.6 Å². The van der Waals surface area contributed by atoms with Crippen molar-refractivity contribution in [1.82, 2.24) is 15.6 Å². The van der Waals surface area contributed by atoms with Crippen LogP contribution in [0.3, 0.4) is 0 Å². The molecule has 24 heavy (non-hydrogen) atoms. The Morgan fingerprint density at radius 3 is 2.88 bits per heavy atom. The van der Waals surface area contributed by atoms with Crippen molar-refractivity contribution in [1.29, 1.82) is 0 Å². The van der Waals surface area contributed by atoms with Gasteiger partial charge in [-0.3, -0.25) is 4.79 Å². The van der Waals surface area contributed by atoms with Gasteiger partial charge in [0.25, 0.3) is 5.91 Å². The zero-order valence-corrected chi connectivity index (χ0v) is 14.0. The number of benzene rings is 2. The third-order valence-electron chi connectivity index (χ3n) is 4.69. The number of carbonyl (C=O) groups excluding carboxylic acids is 1. The number of halogens is 1. The van der Waals surface area contributed by atoms with Gasteiger partial charge in [-0.05, 0) is 48.9 Å². The molecule has 1 heterocycles. The van der Waals surface area contributed by atoms with Gasteiger partial charge in [-0.15, -0.1) is 0 Å². The topological polar surface area (TPSA) is 56.9 Å². The first-order valence-corrected chi connectivity index (χ1v) is 8.37. The molecule has 0 fully saturated rings. The summed E-state index contributed by atoms with van der Waals surface area (Å²) in [6, 6.07) is 15.9. The molecule has 3 aromatic rings. The van der Waals surface area contributed by atoms with Gasteiger partial charge >= 0.3 is 0 Å². The lowest BCUT2D eigenvalue weighted by atomic mass is 10.1. The van der Waals surface area contributed by atoms with Gasteiger partial charge in [0.15, 0.2) is 0 Å². The highest BCUT2D eigenvalue weighted by molar-refractivity contribution is 6.31. The Kier molecular flexibility index (Phi) is 3.79. The molecule has 4 nitrogen and oxygen atoms in total. The molecule has 0 aliphatic heterocycles. The summed E-state index contributed by atoms with van der Waals surface area (Å²) in [6.07, 6.45) is 0.833. The number of rotatable bonds is 3. The van der Waals surface area contributed by atoms with Crippen molar-refractivity contribution in [3.8, 4) is 0 Å². The fourth-order valence-corrected chi connectivity index (χ4v) is 3.74. The zero-order chi connectivity index (χ0) is 16.7. The summed E-state index contributed by atoms with van der Waals surface area (Å²) in [5, 5.41) is 8.07. The minimum Gasteiger partial charge on any atom is -0.351 e. The van der Waals surface area contributed by atoms with Gasteiger partial charge in [0.05, 0.1) is 12.1 Å². The second-order valence-electron chi connectivity index (χ2n) is 6.16. The highest BCUT2D eigenvalue weighted by atomic mass is 35.5. The lowest BCUT2D eigenvalue weighted by Gasteiger charge is -2.21. The van der Waals surface area contributed by atoms with E-state index in [9.17, 15) is 4.79 Å². The van der Waals surface area contributed by atoms with Gasteiger partial charge in [0.1, 0.15) is 5.69 Å². The molecule has 0 spiro atoms. The summed E-state index contributed by atoms with van der Waals surface area (Å²) in [4.78, 5) is 15.8. The standard InChI is InChI=1S/C19H18ClN3O/c1-21-18-14-5-3-2-4-11(14)9-16(18)23-19(24)17-10-12-8-13(20)6-7-15(12)22-17/h2-8,10,16,18,21-22H,9H2,1H3,(H,23,24)/t16?,18-/m1/s1. The van der Waals surface area contributed by atoms with Gasteiger partial charge in [0, 0.05) is 15.9 Å². The highest BCUT2D eigenvalue weighted by Gasteiger charge is 2.32. The van der Waals surface area contributed by atoms with Crippen molar-refractivity contribution in [2.45, 2.75) is 18.5 Å². The molecule has 2 atom stereocenters. The molecular formula is C19H18ClN3O.